The molecule has 0 aliphatic carbocycles. The first-order valence-electron chi connectivity index (χ1n) is 10.7. The summed E-state index contributed by atoms with van der Waals surface area (Å²) in [6, 6.07) is 16.9. The van der Waals surface area contributed by atoms with Crippen LogP contribution in [0.5, 0.6) is 0 Å². The maximum Gasteiger partial charge on any atom is 0.252 e. The van der Waals surface area contributed by atoms with E-state index in [0.29, 0.717) is 24.2 Å². The highest BCUT2D eigenvalue weighted by atomic mass is 32.2. The van der Waals surface area contributed by atoms with Gasteiger partial charge in [0, 0.05) is 25.5 Å². The van der Waals surface area contributed by atoms with Gasteiger partial charge in [0.05, 0.1) is 21.0 Å². The monoisotopic (exact) mass is 483 g/mol. The Balaban J connectivity index is 1.45. The lowest BCUT2D eigenvalue weighted by atomic mass is 9.99. The molecule has 1 fully saturated rings. The average Bonchev–Trinajstić information content (AvgIpc) is 3.15. The van der Waals surface area contributed by atoms with Crippen molar-refractivity contribution >= 4 is 48.3 Å². The SMILES string of the molecule is Cn1c(=NC(=O)C2CCCN(S(=O)(=O)c3ccc(F)cc3)C2)sc2ccc3ccccc3c21. The third-order valence-corrected chi connectivity index (χ3v) is 9.05. The summed E-state index contributed by atoms with van der Waals surface area (Å²) in [5.74, 6) is -1.33. The first kappa shape index (κ1) is 21.9. The number of carbonyl (C=O) groups excluding carboxylic acids is 1. The van der Waals surface area contributed by atoms with Crippen molar-refractivity contribution in [2.24, 2.45) is 18.0 Å². The van der Waals surface area contributed by atoms with Crippen LogP contribution in [-0.2, 0) is 21.9 Å². The van der Waals surface area contributed by atoms with E-state index >= 15 is 0 Å². The third-order valence-electron chi connectivity index (χ3n) is 6.08. The van der Waals surface area contributed by atoms with Gasteiger partial charge in [-0.25, -0.2) is 12.8 Å². The van der Waals surface area contributed by atoms with E-state index < -0.39 is 21.8 Å². The number of hydrogen-bond acceptors (Lipinski definition) is 4. The number of aromatic nitrogens is 1. The van der Waals surface area contributed by atoms with E-state index in [1.54, 1.807) is 0 Å². The van der Waals surface area contributed by atoms with Crippen molar-refractivity contribution in [1.82, 2.24) is 8.87 Å². The third kappa shape index (κ3) is 4.01. The zero-order chi connectivity index (χ0) is 23.2. The molecule has 170 valence electrons. The number of amides is 1. The van der Waals surface area contributed by atoms with Gasteiger partial charge in [0.2, 0.25) is 10.0 Å². The van der Waals surface area contributed by atoms with Crippen molar-refractivity contribution in [2.75, 3.05) is 13.1 Å². The fourth-order valence-corrected chi connectivity index (χ4v) is 6.89. The van der Waals surface area contributed by atoms with Gasteiger partial charge in [-0.2, -0.15) is 9.30 Å². The number of halogens is 1. The van der Waals surface area contributed by atoms with Crippen LogP contribution in [0.25, 0.3) is 21.0 Å². The molecule has 0 spiro atoms. The van der Waals surface area contributed by atoms with Crippen LogP contribution >= 0.6 is 11.3 Å². The molecule has 1 saturated heterocycles. The smallest absolute Gasteiger partial charge is 0.252 e. The molecule has 6 nitrogen and oxygen atoms in total. The van der Waals surface area contributed by atoms with Crippen LogP contribution in [-0.4, -0.2) is 36.3 Å². The minimum Gasteiger partial charge on any atom is -0.319 e. The minimum atomic E-state index is -3.80. The number of piperidine rings is 1. The molecule has 1 aromatic heterocycles. The van der Waals surface area contributed by atoms with E-state index in [4.69, 9.17) is 0 Å². The number of fused-ring (bicyclic) bond motifs is 3. The van der Waals surface area contributed by atoms with E-state index in [1.165, 1.54) is 27.8 Å². The van der Waals surface area contributed by atoms with Crippen molar-refractivity contribution in [1.29, 1.82) is 0 Å². The molecule has 1 unspecified atom stereocenters. The van der Waals surface area contributed by atoms with Gasteiger partial charge in [0.1, 0.15) is 5.82 Å². The van der Waals surface area contributed by atoms with Gasteiger partial charge in [0.25, 0.3) is 5.91 Å². The van der Waals surface area contributed by atoms with E-state index in [0.717, 1.165) is 33.1 Å². The Kier molecular flexibility index (Phi) is 5.64. The quantitative estimate of drug-likeness (QED) is 0.441. The molecule has 1 aliphatic heterocycles. The Morgan fingerprint density at radius 3 is 2.64 bits per heavy atom. The second-order valence-corrected chi connectivity index (χ2v) is 11.1. The van der Waals surface area contributed by atoms with Gasteiger partial charge in [0.15, 0.2) is 4.80 Å². The fraction of sp³-hybridized carbons (Fsp3) is 0.250. The molecule has 0 saturated carbocycles. The highest BCUT2D eigenvalue weighted by Crippen LogP contribution is 2.27. The lowest BCUT2D eigenvalue weighted by Gasteiger charge is -2.30. The number of hydrogen-bond donors (Lipinski definition) is 0. The lowest BCUT2D eigenvalue weighted by molar-refractivity contribution is -0.122. The summed E-state index contributed by atoms with van der Waals surface area (Å²) < 4.78 is 43.4. The molecule has 9 heteroatoms. The molecule has 0 N–H and O–H groups in total. The molecule has 33 heavy (non-hydrogen) atoms. The highest BCUT2D eigenvalue weighted by Gasteiger charge is 2.33. The summed E-state index contributed by atoms with van der Waals surface area (Å²) in [7, 11) is -1.91. The number of benzene rings is 3. The van der Waals surface area contributed by atoms with E-state index in [2.05, 4.69) is 17.1 Å². The Morgan fingerprint density at radius 1 is 1.09 bits per heavy atom. The molecular formula is C24H22FN3O3S2. The highest BCUT2D eigenvalue weighted by molar-refractivity contribution is 7.89. The summed E-state index contributed by atoms with van der Waals surface area (Å²) >= 11 is 1.44. The number of aryl methyl sites for hydroxylation is 1. The molecule has 0 radical (unpaired) electrons. The van der Waals surface area contributed by atoms with Crippen molar-refractivity contribution in [3.05, 3.63) is 71.3 Å². The first-order chi connectivity index (χ1) is 15.8. The largest absolute Gasteiger partial charge is 0.319 e. The van der Waals surface area contributed by atoms with Crippen molar-refractivity contribution in [3.8, 4) is 0 Å². The summed E-state index contributed by atoms with van der Waals surface area (Å²) in [4.78, 5) is 18.1. The molecule has 0 bridgehead atoms. The Bertz CT molecular complexity index is 1540. The fourth-order valence-electron chi connectivity index (χ4n) is 4.33. The Morgan fingerprint density at radius 2 is 1.85 bits per heavy atom. The lowest BCUT2D eigenvalue weighted by Crippen LogP contribution is -2.42. The molecular weight excluding hydrogens is 461 g/mol. The number of nitrogens with zero attached hydrogens (tertiary/aromatic N) is 3. The van der Waals surface area contributed by atoms with Gasteiger partial charge in [-0.1, -0.05) is 41.7 Å². The Labute approximate surface area is 194 Å². The van der Waals surface area contributed by atoms with Gasteiger partial charge in [-0.3, -0.25) is 4.79 Å². The van der Waals surface area contributed by atoms with Crippen molar-refractivity contribution in [3.63, 3.8) is 0 Å². The summed E-state index contributed by atoms with van der Waals surface area (Å²) in [5, 5.41) is 2.21. The molecule has 1 amide bonds. The summed E-state index contributed by atoms with van der Waals surface area (Å²) in [6.45, 7) is 0.395. The van der Waals surface area contributed by atoms with Crippen molar-refractivity contribution < 1.29 is 17.6 Å². The predicted octanol–water partition coefficient (Wildman–Crippen LogP) is 4.06. The summed E-state index contributed by atoms with van der Waals surface area (Å²) in [5.41, 5.74) is 1.02. The maximum absolute atomic E-state index is 13.2. The summed E-state index contributed by atoms with van der Waals surface area (Å²) in [6.07, 6.45) is 1.14. The zero-order valence-corrected chi connectivity index (χ0v) is 19.6. The predicted molar refractivity (Wildman–Crippen MR) is 127 cm³/mol. The maximum atomic E-state index is 13.2. The number of thiazole rings is 1. The normalized spacial score (nSPS) is 18.2. The number of rotatable bonds is 3. The molecule has 3 aromatic carbocycles. The Hall–Kier alpha value is -2.88. The van der Waals surface area contributed by atoms with Gasteiger partial charge in [-0.15, -0.1) is 0 Å². The number of carbonyl (C=O) groups is 1. The van der Waals surface area contributed by atoms with E-state index in [-0.39, 0.29) is 17.3 Å². The van der Waals surface area contributed by atoms with Crippen LogP contribution in [0.2, 0.25) is 0 Å². The average molecular weight is 484 g/mol. The standard InChI is InChI=1S/C24H22FN3O3S2/c1-27-22-20-7-3-2-5-16(20)8-13-21(22)32-24(27)26-23(29)17-6-4-14-28(15-17)33(30,31)19-11-9-18(25)10-12-19/h2-3,5,7-13,17H,4,6,14-15H2,1H3. The van der Waals surface area contributed by atoms with Crippen LogP contribution in [0.15, 0.2) is 70.6 Å². The van der Waals surface area contributed by atoms with Gasteiger partial charge >= 0.3 is 0 Å². The molecule has 2 heterocycles. The zero-order valence-electron chi connectivity index (χ0n) is 17.9. The molecule has 4 aromatic rings. The van der Waals surface area contributed by atoms with Crippen LogP contribution in [0.4, 0.5) is 4.39 Å². The minimum absolute atomic E-state index is 0.0247. The van der Waals surface area contributed by atoms with Crippen LogP contribution in [0.1, 0.15) is 12.8 Å². The second kappa shape index (κ2) is 8.48. The van der Waals surface area contributed by atoms with Crippen LogP contribution < -0.4 is 4.80 Å². The van der Waals surface area contributed by atoms with Crippen molar-refractivity contribution in [2.45, 2.75) is 17.7 Å². The van der Waals surface area contributed by atoms with Crippen LogP contribution in [0.3, 0.4) is 0 Å². The second-order valence-electron chi connectivity index (χ2n) is 8.18. The first-order valence-corrected chi connectivity index (χ1v) is 12.9. The van der Waals surface area contributed by atoms with Crippen LogP contribution in [0, 0.1) is 11.7 Å². The van der Waals surface area contributed by atoms with Gasteiger partial charge in [-0.05, 0) is 48.6 Å². The molecule has 1 atom stereocenters. The topological polar surface area (TPSA) is 71.7 Å². The van der Waals surface area contributed by atoms with E-state index in [9.17, 15) is 17.6 Å². The molecule has 5 rings (SSSR count). The molecule has 1 aliphatic rings. The number of sulfonamides is 1. The van der Waals surface area contributed by atoms with Gasteiger partial charge < -0.3 is 4.57 Å². The van der Waals surface area contributed by atoms with E-state index in [1.807, 2.05) is 35.9 Å².